The van der Waals surface area contributed by atoms with Crippen LogP contribution in [0.2, 0.25) is 0 Å². The van der Waals surface area contributed by atoms with Crippen LogP contribution in [0.15, 0.2) is 76.6 Å². The molecular weight excluding hydrogens is 372 g/mol. The van der Waals surface area contributed by atoms with E-state index < -0.39 is 10.0 Å². The lowest BCUT2D eigenvalue weighted by molar-refractivity contribution is 0.414. The lowest BCUT2D eigenvalue weighted by Gasteiger charge is -2.11. The van der Waals surface area contributed by atoms with Gasteiger partial charge in [-0.3, -0.25) is 9.71 Å². The number of ether oxygens (including phenoxy) is 1. The Morgan fingerprint density at radius 1 is 0.964 bits per heavy atom. The average Bonchev–Trinajstić information content (AvgIpc) is 2.69. The van der Waals surface area contributed by atoms with Gasteiger partial charge < -0.3 is 4.74 Å². The molecule has 1 N–H and O–H groups in total. The van der Waals surface area contributed by atoms with Crippen molar-refractivity contribution in [2.75, 3.05) is 11.8 Å². The van der Waals surface area contributed by atoms with Gasteiger partial charge in [-0.1, -0.05) is 29.8 Å². The largest absolute Gasteiger partial charge is 0.496 e. The number of benzene rings is 3. The lowest BCUT2D eigenvalue weighted by atomic mass is 10.1. The minimum absolute atomic E-state index is 0.184. The molecule has 144 valence electrons. The Hall–Kier alpha value is -3.12. The molecule has 0 fully saturated rings. The van der Waals surface area contributed by atoms with Crippen molar-refractivity contribution in [2.45, 2.75) is 18.7 Å². The second-order valence-corrected chi connectivity index (χ2v) is 8.10. The van der Waals surface area contributed by atoms with Crippen LogP contribution in [0.25, 0.3) is 0 Å². The van der Waals surface area contributed by atoms with E-state index >= 15 is 0 Å². The fourth-order valence-electron chi connectivity index (χ4n) is 2.76. The lowest BCUT2D eigenvalue weighted by Crippen LogP contribution is -2.13. The smallest absolute Gasteiger partial charge is 0.261 e. The molecule has 0 radical (unpaired) electrons. The number of hydrogen-bond acceptors (Lipinski definition) is 4. The Morgan fingerprint density at radius 3 is 2.36 bits per heavy atom. The maximum Gasteiger partial charge on any atom is 0.261 e. The second kappa shape index (κ2) is 8.27. The summed E-state index contributed by atoms with van der Waals surface area (Å²) in [7, 11) is -2.06. The molecule has 0 aromatic heterocycles. The van der Waals surface area contributed by atoms with E-state index in [0.29, 0.717) is 11.4 Å². The number of para-hydroxylation sites is 1. The second-order valence-electron chi connectivity index (χ2n) is 6.42. The van der Waals surface area contributed by atoms with Crippen molar-refractivity contribution in [2.24, 2.45) is 4.99 Å². The Labute approximate surface area is 165 Å². The molecule has 28 heavy (non-hydrogen) atoms. The zero-order chi connectivity index (χ0) is 20.1. The first-order valence-corrected chi connectivity index (χ1v) is 10.2. The highest BCUT2D eigenvalue weighted by Crippen LogP contribution is 2.23. The van der Waals surface area contributed by atoms with Crippen LogP contribution in [-0.2, 0) is 10.0 Å². The van der Waals surface area contributed by atoms with Crippen molar-refractivity contribution < 1.29 is 13.2 Å². The zero-order valence-electron chi connectivity index (χ0n) is 16.0. The third-order valence-electron chi connectivity index (χ3n) is 4.26. The molecule has 5 nitrogen and oxygen atoms in total. The minimum atomic E-state index is -3.67. The van der Waals surface area contributed by atoms with E-state index in [2.05, 4.69) is 9.71 Å². The molecule has 0 unspecified atom stereocenters. The van der Waals surface area contributed by atoms with E-state index in [4.69, 9.17) is 4.74 Å². The van der Waals surface area contributed by atoms with Gasteiger partial charge in [-0.2, -0.15) is 0 Å². The monoisotopic (exact) mass is 394 g/mol. The highest BCUT2D eigenvalue weighted by atomic mass is 32.2. The van der Waals surface area contributed by atoms with Crippen molar-refractivity contribution in [1.82, 2.24) is 0 Å². The first kappa shape index (κ1) is 19.6. The van der Waals surface area contributed by atoms with Crippen molar-refractivity contribution in [1.29, 1.82) is 0 Å². The van der Waals surface area contributed by atoms with Gasteiger partial charge in [0.25, 0.3) is 10.0 Å². The highest BCUT2D eigenvalue weighted by molar-refractivity contribution is 7.92. The fraction of sp³-hybridized carbons (Fsp3) is 0.136. The van der Waals surface area contributed by atoms with Gasteiger partial charge >= 0.3 is 0 Å². The van der Waals surface area contributed by atoms with Gasteiger partial charge in [0, 0.05) is 11.8 Å². The number of sulfonamides is 1. The number of aliphatic imine (C=N–C) groups is 1. The van der Waals surface area contributed by atoms with Crippen molar-refractivity contribution in [3.05, 3.63) is 83.4 Å². The molecule has 0 amide bonds. The van der Waals surface area contributed by atoms with Gasteiger partial charge in [-0.25, -0.2) is 8.42 Å². The number of nitrogens with one attached hydrogen (secondary N) is 1. The third-order valence-corrected chi connectivity index (χ3v) is 5.65. The summed E-state index contributed by atoms with van der Waals surface area (Å²) in [6.07, 6.45) is 1.69. The highest BCUT2D eigenvalue weighted by Gasteiger charge is 2.15. The fourth-order valence-corrected chi connectivity index (χ4v) is 3.89. The Balaban J connectivity index is 1.78. The molecule has 0 bridgehead atoms. The van der Waals surface area contributed by atoms with Crippen LogP contribution in [0.4, 0.5) is 11.4 Å². The summed E-state index contributed by atoms with van der Waals surface area (Å²) in [5.41, 5.74) is 4.03. The Bertz CT molecular complexity index is 1100. The van der Waals surface area contributed by atoms with Crippen LogP contribution in [-0.4, -0.2) is 21.7 Å². The van der Waals surface area contributed by atoms with Crippen molar-refractivity contribution in [3.63, 3.8) is 0 Å². The van der Waals surface area contributed by atoms with Crippen LogP contribution in [0.5, 0.6) is 5.75 Å². The Morgan fingerprint density at radius 2 is 1.68 bits per heavy atom. The van der Waals surface area contributed by atoms with Crippen molar-refractivity contribution in [3.8, 4) is 5.75 Å². The third kappa shape index (κ3) is 4.58. The molecule has 0 heterocycles. The first-order chi connectivity index (χ1) is 13.4. The number of nitrogens with zero attached hydrogens (tertiary/aromatic N) is 1. The van der Waals surface area contributed by atoms with Gasteiger partial charge in [0.05, 0.1) is 23.4 Å². The maximum absolute atomic E-state index is 12.6. The predicted octanol–water partition coefficient (Wildman–Crippen LogP) is 4.86. The van der Waals surface area contributed by atoms with E-state index in [0.717, 1.165) is 22.4 Å². The molecule has 0 aliphatic carbocycles. The molecule has 0 saturated heterocycles. The standard InChI is InChI=1S/C22H22N2O3S/c1-16-8-13-21(17(2)14-16)24-28(25,26)20-11-9-19(10-12-20)23-15-18-6-4-5-7-22(18)27-3/h4-15,24H,1-3H3. The minimum Gasteiger partial charge on any atom is -0.496 e. The first-order valence-electron chi connectivity index (χ1n) is 8.76. The predicted molar refractivity (Wildman–Crippen MR) is 113 cm³/mol. The van der Waals surface area contributed by atoms with E-state index in [1.165, 1.54) is 0 Å². The normalized spacial score (nSPS) is 11.5. The number of hydrogen-bond donors (Lipinski definition) is 1. The molecule has 3 rings (SSSR count). The molecule has 0 aliphatic rings. The van der Waals surface area contributed by atoms with Gasteiger partial charge in [0.2, 0.25) is 0 Å². The number of aryl methyl sites for hydroxylation is 2. The SMILES string of the molecule is COc1ccccc1C=Nc1ccc(S(=O)(=O)Nc2ccc(C)cc2C)cc1. The average molecular weight is 394 g/mol. The molecular formula is C22H22N2O3S. The van der Waals surface area contributed by atoms with Gasteiger partial charge in [-0.15, -0.1) is 0 Å². The summed E-state index contributed by atoms with van der Waals surface area (Å²) in [5.74, 6) is 0.725. The quantitative estimate of drug-likeness (QED) is 0.607. The van der Waals surface area contributed by atoms with Crippen LogP contribution >= 0.6 is 0 Å². The number of rotatable bonds is 6. The maximum atomic E-state index is 12.6. The summed E-state index contributed by atoms with van der Waals surface area (Å²) in [6.45, 7) is 3.84. The number of methoxy groups -OCH3 is 1. The van der Waals surface area contributed by atoms with E-state index in [-0.39, 0.29) is 4.90 Å². The summed E-state index contributed by atoms with van der Waals surface area (Å²) < 4.78 is 33.2. The molecule has 0 atom stereocenters. The topological polar surface area (TPSA) is 67.8 Å². The molecule has 0 spiro atoms. The molecule has 6 heteroatoms. The van der Waals surface area contributed by atoms with Crippen LogP contribution < -0.4 is 9.46 Å². The van der Waals surface area contributed by atoms with Gasteiger partial charge in [0.1, 0.15) is 5.75 Å². The summed E-state index contributed by atoms with van der Waals surface area (Å²) in [6, 6.07) is 19.6. The summed E-state index contributed by atoms with van der Waals surface area (Å²) in [5, 5.41) is 0. The number of anilines is 1. The molecule has 0 aliphatic heterocycles. The Kier molecular flexibility index (Phi) is 5.80. The van der Waals surface area contributed by atoms with Crippen LogP contribution in [0, 0.1) is 13.8 Å². The van der Waals surface area contributed by atoms with E-state index in [9.17, 15) is 8.42 Å². The van der Waals surface area contributed by atoms with Crippen LogP contribution in [0.3, 0.4) is 0 Å². The molecule has 0 saturated carbocycles. The van der Waals surface area contributed by atoms with Gasteiger partial charge in [0.15, 0.2) is 0 Å². The van der Waals surface area contributed by atoms with Crippen molar-refractivity contribution >= 4 is 27.6 Å². The van der Waals surface area contributed by atoms with Crippen LogP contribution in [0.1, 0.15) is 16.7 Å². The summed E-state index contributed by atoms with van der Waals surface area (Å²) >= 11 is 0. The molecule has 3 aromatic rings. The molecule has 3 aromatic carbocycles. The zero-order valence-corrected chi connectivity index (χ0v) is 16.8. The van der Waals surface area contributed by atoms with E-state index in [1.807, 2.05) is 50.2 Å². The van der Waals surface area contributed by atoms with Gasteiger partial charge in [-0.05, 0) is 61.9 Å². The van der Waals surface area contributed by atoms with E-state index in [1.54, 1.807) is 43.7 Å². The summed E-state index contributed by atoms with van der Waals surface area (Å²) in [4.78, 5) is 4.58.